The lowest BCUT2D eigenvalue weighted by Crippen LogP contribution is -2.54. The number of carbonyl (C=O) groups is 1. The van der Waals surface area contributed by atoms with Gasteiger partial charge in [0.25, 0.3) is 0 Å². The molecule has 7 heteroatoms. The van der Waals surface area contributed by atoms with Crippen molar-refractivity contribution in [3.8, 4) is 0 Å². The fourth-order valence-electron chi connectivity index (χ4n) is 0.782. The van der Waals surface area contributed by atoms with Crippen molar-refractivity contribution in [3.63, 3.8) is 0 Å². The van der Waals surface area contributed by atoms with Crippen LogP contribution in [0, 0.1) is 0 Å². The van der Waals surface area contributed by atoms with E-state index in [-0.39, 0.29) is 18.7 Å². The maximum absolute atomic E-state index is 10.9. The SMILES string of the molecule is C=C([NH3+])C(=O)NCC(CC)S(=O)(=O)[O-]. The van der Waals surface area contributed by atoms with Crippen molar-refractivity contribution >= 4 is 16.0 Å². The molecule has 0 saturated carbocycles. The molecular formula is C7H14N2O4S. The topological polar surface area (TPSA) is 114 Å². The van der Waals surface area contributed by atoms with Crippen molar-refractivity contribution in [2.24, 2.45) is 0 Å². The van der Waals surface area contributed by atoms with Gasteiger partial charge in [0.2, 0.25) is 0 Å². The predicted octanol–water partition coefficient (Wildman–Crippen LogP) is -1.82. The molecule has 0 aromatic rings. The van der Waals surface area contributed by atoms with Crippen molar-refractivity contribution < 1.29 is 23.5 Å². The fourth-order valence-corrected chi connectivity index (χ4v) is 1.48. The lowest BCUT2D eigenvalue weighted by atomic mass is 10.3. The Hall–Kier alpha value is -0.920. The summed E-state index contributed by atoms with van der Waals surface area (Å²) in [5.74, 6) is -0.549. The lowest BCUT2D eigenvalue weighted by molar-refractivity contribution is -0.298. The van der Waals surface area contributed by atoms with E-state index < -0.39 is 21.3 Å². The van der Waals surface area contributed by atoms with Gasteiger partial charge in [-0.05, 0) is 13.0 Å². The van der Waals surface area contributed by atoms with Crippen LogP contribution in [0.5, 0.6) is 0 Å². The van der Waals surface area contributed by atoms with Crippen LogP contribution in [0.4, 0.5) is 0 Å². The van der Waals surface area contributed by atoms with Gasteiger partial charge in [0.05, 0.1) is 15.4 Å². The van der Waals surface area contributed by atoms with E-state index >= 15 is 0 Å². The average Bonchev–Trinajstić information content (AvgIpc) is 2.02. The molecule has 1 amide bonds. The molecule has 0 spiro atoms. The second-order valence-corrected chi connectivity index (χ2v) is 4.49. The molecule has 0 aliphatic rings. The summed E-state index contributed by atoms with van der Waals surface area (Å²) in [7, 11) is -4.35. The predicted molar refractivity (Wildman–Crippen MR) is 48.8 cm³/mol. The number of hydrogen-bond acceptors (Lipinski definition) is 4. The summed E-state index contributed by atoms with van der Waals surface area (Å²) in [5.41, 5.74) is 3.30. The Kier molecular flexibility index (Phi) is 4.75. The van der Waals surface area contributed by atoms with Crippen LogP contribution in [0.2, 0.25) is 0 Å². The van der Waals surface area contributed by atoms with E-state index in [2.05, 4.69) is 17.6 Å². The molecule has 0 bridgehead atoms. The summed E-state index contributed by atoms with van der Waals surface area (Å²) < 4.78 is 31.8. The van der Waals surface area contributed by atoms with Gasteiger partial charge in [-0.3, -0.25) is 4.79 Å². The number of quaternary nitrogens is 1. The molecule has 82 valence electrons. The summed E-state index contributed by atoms with van der Waals surface area (Å²) in [6.45, 7) is 4.63. The minimum atomic E-state index is -4.35. The van der Waals surface area contributed by atoms with Crippen LogP contribution in [0.3, 0.4) is 0 Å². The Balaban J connectivity index is 4.24. The van der Waals surface area contributed by atoms with Gasteiger partial charge in [-0.1, -0.05) is 6.92 Å². The third kappa shape index (κ3) is 4.35. The molecule has 1 atom stereocenters. The first-order valence-electron chi connectivity index (χ1n) is 4.02. The Morgan fingerprint density at radius 3 is 2.43 bits per heavy atom. The Bertz CT molecular complexity index is 323. The summed E-state index contributed by atoms with van der Waals surface area (Å²) >= 11 is 0. The van der Waals surface area contributed by atoms with Crippen molar-refractivity contribution in [1.82, 2.24) is 5.32 Å². The molecule has 6 nitrogen and oxygen atoms in total. The van der Waals surface area contributed by atoms with E-state index in [1.54, 1.807) is 6.92 Å². The van der Waals surface area contributed by atoms with Crippen molar-refractivity contribution in [2.75, 3.05) is 6.54 Å². The van der Waals surface area contributed by atoms with Crippen LogP contribution in [-0.2, 0) is 14.9 Å². The highest BCUT2D eigenvalue weighted by molar-refractivity contribution is 7.86. The minimum absolute atomic E-state index is 0.0307. The van der Waals surface area contributed by atoms with Crippen LogP contribution in [0.25, 0.3) is 0 Å². The van der Waals surface area contributed by atoms with E-state index in [1.807, 2.05) is 0 Å². The zero-order chi connectivity index (χ0) is 11.4. The molecule has 4 N–H and O–H groups in total. The van der Waals surface area contributed by atoms with Crippen LogP contribution in [-0.4, -0.2) is 30.7 Å². The van der Waals surface area contributed by atoms with Gasteiger partial charge in [0, 0.05) is 6.54 Å². The van der Waals surface area contributed by atoms with Crippen molar-refractivity contribution in [1.29, 1.82) is 0 Å². The maximum atomic E-state index is 10.9. The van der Waals surface area contributed by atoms with Gasteiger partial charge in [-0.25, -0.2) is 8.42 Å². The monoisotopic (exact) mass is 222 g/mol. The van der Waals surface area contributed by atoms with E-state index in [9.17, 15) is 17.8 Å². The van der Waals surface area contributed by atoms with E-state index in [4.69, 9.17) is 0 Å². The lowest BCUT2D eigenvalue weighted by Gasteiger charge is -2.18. The normalized spacial score (nSPS) is 13.4. The number of amides is 1. The zero-order valence-corrected chi connectivity index (χ0v) is 8.76. The number of hydrogen-bond donors (Lipinski definition) is 2. The number of rotatable bonds is 5. The number of nitrogens with one attached hydrogen (secondary N) is 1. The molecule has 0 saturated heterocycles. The van der Waals surface area contributed by atoms with E-state index in [0.717, 1.165) is 0 Å². The summed E-state index contributed by atoms with van der Waals surface area (Å²) in [4.78, 5) is 10.9. The molecule has 0 aromatic heterocycles. The smallest absolute Gasteiger partial charge is 0.304 e. The highest BCUT2D eigenvalue weighted by atomic mass is 32.2. The first kappa shape index (κ1) is 13.1. The van der Waals surface area contributed by atoms with E-state index in [1.165, 1.54) is 0 Å². The second-order valence-electron chi connectivity index (χ2n) is 2.84. The zero-order valence-electron chi connectivity index (χ0n) is 7.95. The Morgan fingerprint density at radius 2 is 2.14 bits per heavy atom. The third-order valence-electron chi connectivity index (χ3n) is 1.67. The molecule has 0 rings (SSSR count). The minimum Gasteiger partial charge on any atom is -0.748 e. The maximum Gasteiger partial charge on any atom is 0.304 e. The van der Waals surface area contributed by atoms with Crippen molar-refractivity contribution in [2.45, 2.75) is 18.6 Å². The van der Waals surface area contributed by atoms with Crippen LogP contribution in [0.1, 0.15) is 13.3 Å². The molecular weight excluding hydrogens is 208 g/mol. The van der Waals surface area contributed by atoms with Crippen molar-refractivity contribution in [3.05, 3.63) is 12.3 Å². The molecule has 0 radical (unpaired) electrons. The molecule has 1 unspecified atom stereocenters. The molecule has 0 aliphatic heterocycles. The van der Waals surface area contributed by atoms with Crippen LogP contribution < -0.4 is 11.1 Å². The molecule has 0 heterocycles. The van der Waals surface area contributed by atoms with Crippen LogP contribution >= 0.6 is 0 Å². The highest BCUT2D eigenvalue weighted by Crippen LogP contribution is 2.01. The fraction of sp³-hybridized carbons (Fsp3) is 0.571. The third-order valence-corrected chi connectivity index (χ3v) is 2.99. The Morgan fingerprint density at radius 1 is 1.64 bits per heavy atom. The Labute approximate surface area is 82.9 Å². The van der Waals surface area contributed by atoms with Crippen LogP contribution in [0.15, 0.2) is 12.3 Å². The summed E-state index contributed by atoms with van der Waals surface area (Å²) in [5, 5.41) is 1.17. The first-order chi connectivity index (χ1) is 6.29. The van der Waals surface area contributed by atoms with Gasteiger partial charge in [-0.15, -0.1) is 0 Å². The molecule has 0 aromatic carbocycles. The summed E-state index contributed by atoms with van der Waals surface area (Å²) in [6.07, 6.45) is 0.162. The average molecular weight is 222 g/mol. The first-order valence-corrected chi connectivity index (χ1v) is 5.50. The van der Waals surface area contributed by atoms with Gasteiger partial charge in [-0.2, -0.15) is 0 Å². The van der Waals surface area contributed by atoms with Gasteiger partial charge in [0.1, 0.15) is 0 Å². The van der Waals surface area contributed by atoms with Gasteiger partial charge >= 0.3 is 5.91 Å². The van der Waals surface area contributed by atoms with E-state index in [0.29, 0.717) is 0 Å². The second kappa shape index (κ2) is 5.08. The largest absolute Gasteiger partial charge is 0.748 e. The van der Waals surface area contributed by atoms with Gasteiger partial charge in [0.15, 0.2) is 5.70 Å². The molecule has 14 heavy (non-hydrogen) atoms. The quantitative estimate of drug-likeness (QED) is 0.421. The summed E-state index contributed by atoms with van der Waals surface area (Å²) in [6, 6.07) is 0. The highest BCUT2D eigenvalue weighted by Gasteiger charge is 2.15. The number of carbonyl (C=O) groups excluding carboxylic acids is 1. The molecule has 0 aliphatic carbocycles. The standard InChI is InChI=1S/C7H14N2O4S/c1-3-6(14(11,12)13)4-9-7(10)5(2)8/h6H,2-4,8H2,1H3,(H,9,10)(H,11,12,13). The molecule has 0 fully saturated rings. The van der Waals surface area contributed by atoms with Gasteiger partial charge < -0.3 is 15.6 Å².